The summed E-state index contributed by atoms with van der Waals surface area (Å²) in [5, 5.41) is 2.87. The number of aromatic nitrogens is 1. The van der Waals surface area contributed by atoms with E-state index in [0.717, 1.165) is 29.0 Å². The fourth-order valence-corrected chi connectivity index (χ4v) is 3.70. The summed E-state index contributed by atoms with van der Waals surface area (Å²) >= 11 is 1.06. The van der Waals surface area contributed by atoms with Crippen LogP contribution < -0.4 is 5.32 Å². The van der Waals surface area contributed by atoms with Crippen LogP contribution in [0.25, 0.3) is 10.2 Å². The summed E-state index contributed by atoms with van der Waals surface area (Å²) < 4.78 is 38.2. The zero-order chi connectivity index (χ0) is 17.3. The zero-order valence-electron chi connectivity index (χ0n) is 12.5. The smallest absolute Gasteiger partial charge is 0.257 e. The number of anilines is 1. The van der Waals surface area contributed by atoms with Crippen LogP contribution >= 0.6 is 11.3 Å². The van der Waals surface area contributed by atoms with E-state index in [1.165, 1.54) is 0 Å². The van der Waals surface area contributed by atoms with Gasteiger partial charge in [0.15, 0.2) is 16.8 Å². The van der Waals surface area contributed by atoms with Gasteiger partial charge in [-0.25, -0.2) is 13.8 Å². The van der Waals surface area contributed by atoms with Crippen LogP contribution in [0.1, 0.15) is 15.9 Å². The van der Waals surface area contributed by atoms with Crippen molar-refractivity contribution >= 4 is 43.4 Å². The molecule has 3 rings (SSSR count). The summed E-state index contributed by atoms with van der Waals surface area (Å²) in [5.41, 5.74) is 1.47. The Hall–Kier alpha value is -2.19. The van der Waals surface area contributed by atoms with E-state index < -0.39 is 28.3 Å². The third kappa shape index (κ3) is 3.65. The van der Waals surface area contributed by atoms with E-state index in [2.05, 4.69) is 10.3 Å². The highest BCUT2D eigenvalue weighted by Crippen LogP contribution is 2.28. The largest absolute Gasteiger partial charge is 0.298 e. The van der Waals surface area contributed by atoms with E-state index in [-0.39, 0.29) is 10.6 Å². The second-order valence-electron chi connectivity index (χ2n) is 5.13. The lowest BCUT2D eigenvalue weighted by Crippen LogP contribution is -2.12. The average molecular weight is 366 g/mol. The van der Waals surface area contributed by atoms with Crippen molar-refractivity contribution in [1.82, 2.24) is 4.98 Å². The minimum Gasteiger partial charge on any atom is -0.298 e. The van der Waals surface area contributed by atoms with Crippen molar-refractivity contribution in [3.05, 3.63) is 59.2 Å². The molecule has 3 aromatic rings. The summed E-state index contributed by atoms with van der Waals surface area (Å²) in [6.07, 6.45) is 1.59. The first-order chi connectivity index (χ1) is 11.4. The van der Waals surface area contributed by atoms with Gasteiger partial charge in [0.25, 0.3) is 5.91 Å². The van der Waals surface area contributed by atoms with Crippen molar-refractivity contribution in [2.75, 3.05) is 11.6 Å². The number of thiazole rings is 1. The maximum absolute atomic E-state index is 13.2. The van der Waals surface area contributed by atoms with Crippen LogP contribution in [0.2, 0.25) is 0 Å². The fraction of sp³-hybridized carbons (Fsp3) is 0.125. The molecule has 1 atom stereocenters. The summed E-state index contributed by atoms with van der Waals surface area (Å²) in [6, 6.07) is 8.83. The molecule has 0 spiro atoms. The Morgan fingerprint density at radius 3 is 2.75 bits per heavy atom. The predicted octanol–water partition coefficient (Wildman–Crippen LogP) is 3.71. The number of rotatable bonds is 4. The number of halogens is 2. The lowest BCUT2D eigenvalue weighted by molar-refractivity contribution is 0.102. The maximum atomic E-state index is 13.2. The van der Waals surface area contributed by atoms with Gasteiger partial charge in [0, 0.05) is 34.4 Å². The second kappa shape index (κ2) is 6.74. The molecule has 2 aromatic carbocycles. The average Bonchev–Trinajstić information content (AvgIpc) is 2.88. The zero-order valence-corrected chi connectivity index (χ0v) is 14.1. The van der Waals surface area contributed by atoms with Gasteiger partial charge < -0.3 is 0 Å². The van der Waals surface area contributed by atoms with Gasteiger partial charge in [0.1, 0.15) is 0 Å². The monoisotopic (exact) mass is 366 g/mol. The lowest BCUT2D eigenvalue weighted by atomic mass is 10.1. The van der Waals surface area contributed by atoms with Crippen LogP contribution in [0.15, 0.2) is 36.4 Å². The Morgan fingerprint density at radius 1 is 1.25 bits per heavy atom. The SMILES string of the molecule is C[S@](=O)Cc1cccc(C(=O)Nc2nc3cc(F)c(F)cc3s2)c1. The van der Waals surface area contributed by atoms with E-state index in [1.54, 1.807) is 30.5 Å². The van der Waals surface area contributed by atoms with Crippen molar-refractivity contribution in [3.8, 4) is 0 Å². The molecule has 0 aliphatic heterocycles. The van der Waals surface area contributed by atoms with Crippen LogP contribution in [-0.2, 0) is 16.6 Å². The van der Waals surface area contributed by atoms with E-state index in [0.29, 0.717) is 16.0 Å². The van der Waals surface area contributed by atoms with Crippen molar-refractivity contribution in [2.45, 2.75) is 5.75 Å². The normalized spacial score (nSPS) is 12.3. The van der Waals surface area contributed by atoms with Gasteiger partial charge in [-0.3, -0.25) is 14.3 Å². The highest BCUT2D eigenvalue weighted by molar-refractivity contribution is 7.83. The number of carbonyl (C=O) groups excluding carboxylic acids is 1. The van der Waals surface area contributed by atoms with Gasteiger partial charge in [0.05, 0.1) is 10.2 Å². The van der Waals surface area contributed by atoms with Crippen LogP contribution in [0.4, 0.5) is 13.9 Å². The summed E-state index contributed by atoms with van der Waals surface area (Å²) in [5.74, 6) is -1.96. The molecule has 1 aromatic heterocycles. The Kier molecular flexibility index (Phi) is 4.68. The third-order valence-corrected chi connectivity index (χ3v) is 4.88. The molecule has 0 radical (unpaired) electrons. The first-order valence-electron chi connectivity index (χ1n) is 6.88. The van der Waals surface area contributed by atoms with Gasteiger partial charge in [-0.1, -0.05) is 23.5 Å². The highest BCUT2D eigenvalue weighted by Gasteiger charge is 2.13. The molecule has 0 aliphatic rings. The molecule has 0 fully saturated rings. The number of hydrogen-bond donors (Lipinski definition) is 1. The number of benzene rings is 2. The Labute approximate surface area is 143 Å². The van der Waals surface area contributed by atoms with E-state index in [4.69, 9.17) is 0 Å². The van der Waals surface area contributed by atoms with Crippen molar-refractivity contribution in [2.24, 2.45) is 0 Å². The Balaban J connectivity index is 1.83. The molecule has 0 saturated carbocycles. The van der Waals surface area contributed by atoms with Gasteiger partial charge in [-0.2, -0.15) is 0 Å². The van der Waals surface area contributed by atoms with Crippen LogP contribution in [-0.4, -0.2) is 21.4 Å². The van der Waals surface area contributed by atoms with Gasteiger partial charge >= 0.3 is 0 Å². The van der Waals surface area contributed by atoms with E-state index >= 15 is 0 Å². The fourth-order valence-electron chi connectivity index (χ4n) is 2.18. The molecule has 0 aliphatic carbocycles. The number of nitrogens with one attached hydrogen (secondary N) is 1. The molecule has 1 N–H and O–H groups in total. The van der Waals surface area contributed by atoms with Crippen molar-refractivity contribution < 1.29 is 17.8 Å². The molecule has 4 nitrogen and oxygen atoms in total. The van der Waals surface area contributed by atoms with Gasteiger partial charge in [0.2, 0.25) is 0 Å². The quantitative estimate of drug-likeness (QED) is 0.766. The number of nitrogens with zero attached hydrogens (tertiary/aromatic N) is 1. The molecule has 8 heteroatoms. The molecule has 0 bridgehead atoms. The first kappa shape index (κ1) is 16.7. The Morgan fingerprint density at radius 2 is 2.00 bits per heavy atom. The van der Waals surface area contributed by atoms with Crippen LogP contribution in [0.5, 0.6) is 0 Å². The first-order valence-corrected chi connectivity index (χ1v) is 9.42. The summed E-state index contributed by atoms with van der Waals surface area (Å²) in [7, 11) is -1.00. The minimum absolute atomic E-state index is 0.254. The molecule has 0 unspecified atom stereocenters. The van der Waals surface area contributed by atoms with Crippen LogP contribution in [0, 0.1) is 11.6 Å². The number of amides is 1. The summed E-state index contributed by atoms with van der Waals surface area (Å²) in [6.45, 7) is 0. The molecule has 0 saturated heterocycles. The van der Waals surface area contributed by atoms with Crippen molar-refractivity contribution in [1.29, 1.82) is 0 Å². The summed E-state index contributed by atoms with van der Waals surface area (Å²) in [4.78, 5) is 16.4. The number of carbonyl (C=O) groups is 1. The van der Waals surface area contributed by atoms with Gasteiger partial charge in [-0.15, -0.1) is 0 Å². The van der Waals surface area contributed by atoms with Crippen molar-refractivity contribution in [3.63, 3.8) is 0 Å². The molecular weight excluding hydrogens is 354 g/mol. The maximum Gasteiger partial charge on any atom is 0.257 e. The van der Waals surface area contributed by atoms with E-state index in [9.17, 15) is 17.8 Å². The third-order valence-electron chi connectivity index (χ3n) is 3.21. The molecule has 124 valence electrons. The van der Waals surface area contributed by atoms with E-state index in [1.807, 2.05) is 0 Å². The molecule has 1 heterocycles. The second-order valence-corrected chi connectivity index (χ2v) is 7.59. The predicted molar refractivity (Wildman–Crippen MR) is 91.7 cm³/mol. The topological polar surface area (TPSA) is 59.1 Å². The van der Waals surface area contributed by atoms with Gasteiger partial charge in [-0.05, 0) is 23.8 Å². The molecular formula is C16H12F2N2O2S2. The number of fused-ring (bicyclic) bond motifs is 1. The number of hydrogen-bond acceptors (Lipinski definition) is 4. The standard InChI is InChI=1S/C16H12F2N2O2S2/c1-24(22)8-9-3-2-4-10(5-9)15(21)20-16-19-13-6-11(17)12(18)7-14(13)23-16/h2-7H,8H2,1H3,(H,19,20,21)/t24-/m0/s1. The minimum atomic E-state index is -1.00. The van der Waals surface area contributed by atoms with Crippen LogP contribution in [0.3, 0.4) is 0 Å². The highest BCUT2D eigenvalue weighted by atomic mass is 32.2. The lowest BCUT2D eigenvalue weighted by Gasteiger charge is -2.04. The molecule has 24 heavy (non-hydrogen) atoms. The molecule has 1 amide bonds. The Bertz CT molecular complexity index is 917.